The maximum atomic E-state index is 10.2. The summed E-state index contributed by atoms with van der Waals surface area (Å²) >= 11 is 12.3. The van der Waals surface area contributed by atoms with Crippen LogP contribution in [0.4, 0.5) is 0 Å². The van der Waals surface area contributed by atoms with Gasteiger partial charge in [0.2, 0.25) is 0 Å². The molecule has 2 N–H and O–H groups in total. The van der Waals surface area contributed by atoms with Crippen molar-refractivity contribution in [3.05, 3.63) is 57.6 Å². The van der Waals surface area contributed by atoms with Crippen LogP contribution in [-0.2, 0) is 13.1 Å². The Bertz CT molecular complexity index is 762. The minimum Gasteiger partial charge on any atom is -0.508 e. The van der Waals surface area contributed by atoms with Gasteiger partial charge in [-0.15, -0.1) is 0 Å². The highest BCUT2D eigenvalue weighted by Crippen LogP contribution is 2.37. The second-order valence-electron chi connectivity index (χ2n) is 7.60. The van der Waals surface area contributed by atoms with Crippen molar-refractivity contribution in [2.45, 2.75) is 50.9 Å². The van der Waals surface area contributed by atoms with Gasteiger partial charge in [0, 0.05) is 46.3 Å². The SMILES string of the molecule is Oc1ccc(Cl)cc1CN1CN(Cc2cc(Cl)ccc2O)[C@H]2CCCC[C@H]21. The van der Waals surface area contributed by atoms with Crippen molar-refractivity contribution in [3.63, 3.8) is 0 Å². The van der Waals surface area contributed by atoms with Crippen LogP contribution in [-0.4, -0.2) is 38.8 Å². The molecule has 1 aliphatic heterocycles. The van der Waals surface area contributed by atoms with Crippen LogP contribution in [0.5, 0.6) is 11.5 Å². The highest BCUT2D eigenvalue weighted by molar-refractivity contribution is 6.31. The van der Waals surface area contributed by atoms with Gasteiger partial charge in [0.05, 0.1) is 6.67 Å². The molecular weight excluding hydrogens is 383 g/mol. The maximum Gasteiger partial charge on any atom is 0.120 e. The molecule has 6 heteroatoms. The standard InChI is InChI=1S/C21H24Cl2N2O2/c22-16-5-7-20(26)14(9-16)11-24-13-25(19-4-2-1-3-18(19)24)12-15-10-17(23)6-8-21(15)27/h5-10,18-19,26-27H,1-4,11-13H2/t18-,19+. The second-order valence-corrected chi connectivity index (χ2v) is 8.47. The molecule has 1 saturated carbocycles. The molecule has 0 spiro atoms. The summed E-state index contributed by atoms with van der Waals surface area (Å²) in [6, 6.07) is 11.4. The van der Waals surface area contributed by atoms with Gasteiger partial charge < -0.3 is 10.2 Å². The van der Waals surface area contributed by atoms with Crippen LogP contribution >= 0.6 is 23.2 Å². The first-order valence-electron chi connectivity index (χ1n) is 9.44. The Kier molecular flexibility index (Phi) is 5.51. The number of hydrogen-bond donors (Lipinski definition) is 2. The van der Waals surface area contributed by atoms with Crippen LogP contribution in [0, 0.1) is 0 Å². The molecule has 2 aromatic rings. The molecule has 2 fully saturated rings. The summed E-state index contributed by atoms with van der Waals surface area (Å²) in [6.45, 7) is 2.14. The predicted molar refractivity (Wildman–Crippen MR) is 108 cm³/mol. The summed E-state index contributed by atoms with van der Waals surface area (Å²) in [5.41, 5.74) is 1.72. The lowest BCUT2D eigenvalue weighted by molar-refractivity contribution is 0.196. The number of nitrogens with zero attached hydrogens (tertiary/aromatic N) is 2. The number of fused-ring (bicyclic) bond motifs is 1. The van der Waals surface area contributed by atoms with E-state index in [-0.39, 0.29) is 11.5 Å². The van der Waals surface area contributed by atoms with Gasteiger partial charge in [-0.05, 0) is 49.2 Å². The Labute approximate surface area is 169 Å². The Hall–Kier alpha value is -1.46. The molecule has 1 aliphatic carbocycles. The third-order valence-electron chi connectivity index (χ3n) is 5.83. The average Bonchev–Trinajstić information content (AvgIpc) is 2.99. The molecule has 0 radical (unpaired) electrons. The third kappa shape index (κ3) is 4.04. The molecule has 4 rings (SSSR count). The lowest BCUT2D eigenvalue weighted by Crippen LogP contribution is -2.39. The number of phenols is 2. The van der Waals surface area contributed by atoms with E-state index in [4.69, 9.17) is 23.2 Å². The summed E-state index contributed by atoms with van der Waals surface area (Å²) < 4.78 is 0. The smallest absolute Gasteiger partial charge is 0.120 e. The zero-order valence-corrected chi connectivity index (χ0v) is 16.6. The predicted octanol–water partition coefficient (Wildman–Crippen LogP) is 4.99. The minimum atomic E-state index is 0.290. The fraction of sp³-hybridized carbons (Fsp3) is 0.429. The van der Waals surface area contributed by atoms with Crippen molar-refractivity contribution in [2.24, 2.45) is 0 Å². The number of phenolic OH excluding ortho intramolecular Hbond substituents is 2. The van der Waals surface area contributed by atoms with Crippen LogP contribution in [0.15, 0.2) is 36.4 Å². The molecule has 0 unspecified atom stereocenters. The van der Waals surface area contributed by atoms with E-state index in [1.54, 1.807) is 24.3 Å². The quantitative estimate of drug-likeness (QED) is 0.750. The van der Waals surface area contributed by atoms with Crippen molar-refractivity contribution < 1.29 is 10.2 Å². The van der Waals surface area contributed by atoms with Crippen LogP contribution in [0.2, 0.25) is 10.0 Å². The van der Waals surface area contributed by atoms with Crippen molar-refractivity contribution in [2.75, 3.05) is 6.67 Å². The van der Waals surface area contributed by atoms with E-state index in [9.17, 15) is 10.2 Å². The van der Waals surface area contributed by atoms with Gasteiger partial charge in [0.15, 0.2) is 0 Å². The Morgan fingerprint density at radius 3 is 1.67 bits per heavy atom. The van der Waals surface area contributed by atoms with Crippen LogP contribution in [0.25, 0.3) is 0 Å². The number of rotatable bonds is 4. The van der Waals surface area contributed by atoms with Crippen molar-refractivity contribution >= 4 is 23.2 Å². The summed E-state index contributed by atoms with van der Waals surface area (Å²) in [7, 11) is 0. The molecule has 144 valence electrons. The number of benzene rings is 2. The van der Waals surface area contributed by atoms with E-state index in [0.29, 0.717) is 35.2 Å². The summed E-state index contributed by atoms with van der Waals surface area (Å²) in [5, 5.41) is 21.7. The Morgan fingerprint density at radius 2 is 1.22 bits per heavy atom. The zero-order chi connectivity index (χ0) is 19.0. The second kappa shape index (κ2) is 7.88. The Morgan fingerprint density at radius 1 is 0.778 bits per heavy atom. The van der Waals surface area contributed by atoms with Gasteiger partial charge in [0.25, 0.3) is 0 Å². The molecule has 4 nitrogen and oxygen atoms in total. The molecule has 0 amide bonds. The van der Waals surface area contributed by atoms with Crippen molar-refractivity contribution in [1.82, 2.24) is 9.80 Å². The number of halogens is 2. The monoisotopic (exact) mass is 406 g/mol. The highest BCUT2D eigenvalue weighted by Gasteiger charge is 2.41. The first-order chi connectivity index (χ1) is 13.0. The molecular formula is C21H24Cl2N2O2. The molecule has 0 bridgehead atoms. The van der Waals surface area contributed by atoms with Gasteiger partial charge in [-0.3, -0.25) is 9.80 Å². The van der Waals surface area contributed by atoms with Gasteiger partial charge in [0.1, 0.15) is 11.5 Å². The topological polar surface area (TPSA) is 46.9 Å². The first kappa shape index (κ1) is 18.9. The molecule has 2 atom stereocenters. The van der Waals surface area contributed by atoms with Crippen LogP contribution < -0.4 is 0 Å². The van der Waals surface area contributed by atoms with Crippen LogP contribution in [0.1, 0.15) is 36.8 Å². The zero-order valence-electron chi connectivity index (χ0n) is 15.1. The van der Waals surface area contributed by atoms with E-state index < -0.39 is 0 Å². The van der Waals surface area contributed by atoms with Gasteiger partial charge in [-0.1, -0.05) is 36.0 Å². The minimum absolute atomic E-state index is 0.290. The average molecular weight is 407 g/mol. The fourth-order valence-electron chi connectivity index (χ4n) is 4.52. The maximum absolute atomic E-state index is 10.2. The van der Waals surface area contributed by atoms with E-state index in [1.165, 1.54) is 12.8 Å². The number of hydrogen-bond acceptors (Lipinski definition) is 4. The molecule has 2 aliphatic rings. The molecule has 1 saturated heterocycles. The van der Waals surface area contributed by atoms with E-state index in [1.807, 2.05) is 12.1 Å². The highest BCUT2D eigenvalue weighted by atomic mass is 35.5. The van der Waals surface area contributed by atoms with Gasteiger partial charge >= 0.3 is 0 Å². The Balaban J connectivity index is 1.55. The molecule has 2 aromatic carbocycles. The third-order valence-corrected chi connectivity index (χ3v) is 6.30. The fourth-order valence-corrected chi connectivity index (χ4v) is 4.91. The van der Waals surface area contributed by atoms with E-state index >= 15 is 0 Å². The van der Waals surface area contributed by atoms with Crippen LogP contribution in [0.3, 0.4) is 0 Å². The first-order valence-corrected chi connectivity index (χ1v) is 10.2. The lowest BCUT2D eigenvalue weighted by atomic mass is 9.90. The lowest BCUT2D eigenvalue weighted by Gasteiger charge is -2.32. The molecule has 27 heavy (non-hydrogen) atoms. The van der Waals surface area contributed by atoms with E-state index in [0.717, 1.165) is 30.6 Å². The normalized spacial score (nSPS) is 23.5. The summed E-state index contributed by atoms with van der Waals surface area (Å²) in [6.07, 6.45) is 4.78. The van der Waals surface area contributed by atoms with Gasteiger partial charge in [-0.2, -0.15) is 0 Å². The molecule has 0 aromatic heterocycles. The summed E-state index contributed by atoms with van der Waals surface area (Å²) in [4.78, 5) is 4.85. The van der Waals surface area contributed by atoms with Gasteiger partial charge in [-0.25, -0.2) is 0 Å². The van der Waals surface area contributed by atoms with Crippen molar-refractivity contribution in [3.8, 4) is 11.5 Å². The van der Waals surface area contributed by atoms with Crippen molar-refractivity contribution in [1.29, 1.82) is 0 Å². The number of aromatic hydroxyl groups is 2. The summed E-state index contributed by atoms with van der Waals surface area (Å²) in [5.74, 6) is 0.579. The van der Waals surface area contributed by atoms with E-state index in [2.05, 4.69) is 9.80 Å². The molecule has 1 heterocycles. The largest absolute Gasteiger partial charge is 0.508 e.